The van der Waals surface area contributed by atoms with Crippen molar-refractivity contribution in [3.05, 3.63) is 12.2 Å². The number of rotatable bonds is 2. The Hall–Kier alpha value is -0.900. The van der Waals surface area contributed by atoms with Gasteiger partial charge in [-0.05, 0) is 0 Å². The van der Waals surface area contributed by atoms with Gasteiger partial charge in [0, 0.05) is 12.5 Å². The average molecular weight is 127 g/mol. The van der Waals surface area contributed by atoms with E-state index >= 15 is 0 Å². The summed E-state index contributed by atoms with van der Waals surface area (Å²) in [6, 6.07) is 0. The molecule has 0 aliphatic rings. The highest BCUT2D eigenvalue weighted by molar-refractivity contribution is 4.88. The number of hydrogen-bond acceptors (Lipinski definition) is 4. The van der Waals surface area contributed by atoms with Crippen LogP contribution in [0.1, 0.15) is 18.7 Å². The van der Waals surface area contributed by atoms with Gasteiger partial charge in [0.2, 0.25) is 6.39 Å². The summed E-state index contributed by atoms with van der Waals surface area (Å²) in [5.74, 6) is 0.876. The Balaban J connectivity index is 2.65. The highest BCUT2D eigenvalue weighted by Gasteiger charge is 2.06. The molecule has 1 heterocycles. The summed E-state index contributed by atoms with van der Waals surface area (Å²) in [5, 5.41) is 3.62. The minimum Gasteiger partial charge on any atom is -0.343 e. The molecule has 50 valence electrons. The van der Waals surface area contributed by atoms with Gasteiger partial charge in [-0.3, -0.25) is 0 Å². The van der Waals surface area contributed by atoms with E-state index < -0.39 is 0 Å². The van der Waals surface area contributed by atoms with Crippen LogP contribution in [0.4, 0.5) is 0 Å². The van der Waals surface area contributed by atoms with E-state index in [1.54, 1.807) is 0 Å². The highest BCUT2D eigenvalue weighted by Crippen LogP contribution is 2.05. The summed E-state index contributed by atoms with van der Waals surface area (Å²) in [6.07, 6.45) is 1.31. The Bertz CT molecular complexity index is 161. The first kappa shape index (κ1) is 6.22. The van der Waals surface area contributed by atoms with Gasteiger partial charge in [0.15, 0.2) is 5.82 Å². The molecular formula is C5H9N3O. The summed E-state index contributed by atoms with van der Waals surface area (Å²) >= 11 is 0. The molecule has 0 radical (unpaired) electrons. The molecule has 2 N–H and O–H groups in total. The van der Waals surface area contributed by atoms with Gasteiger partial charge in [-0.2, -0.15) is 4.98 Å². The maximum absolute atomic E-state index is 5.34. The summed E-state index contributed by atoms with van der Waals surface area (Å²) in [7, 11) is 0. The van der Waals surface area contributed by atoms with Crippen LogP contribution in [0.2, 0.25) is 0 Å². The lowest BCUT2D eigenvalue weighted by Crippen LogP contribution is -2.09. The lowest BCUT2D eigenvalue weighted by atomic mass is 10.2. The summed E-state index contributed by atoms with van der Waals surface area (Å²) < 4.78 is 4.52. The SMILES string of the molecule is CC(CN)c1ncon1. The Kier molecular flexibility index (Phi) is 1.79. The van der Waals surface area contributed by atoms with Gasteiger partial charge >= 0.3 is 0 Å². The third kappa shape index (κ3) is 1.26. The minimum absolute atomic E-state index is 0.198. The molecule has 0 amide bonds. The molecular weight excluding hydrogens is 118 g/mol. The maximum atomic E-state index is 5.34. The van der Waals surface area contributed by atoms with E-state index in [9.17, 15) is 0 Å². The molecule has 4 nitrogen and oxygen atoms in total. The molecule has 1 atom stereocenters. The summed E-state index contributed by atoms with van der Waals surface area (Å²) in [5.41, 5.74) is 5.34. The Morgan fingerprint density at radius 2 is 2.67 bits per heavy atom. The van der Waals surface area contributed by atoms with E-state index in [2.05, 4.69) is 14.7 Å². The van der Waals surface area contributed by atoms with Gasteiger partial charge in [0.1, 0.15) is 0 Å². The van der Waals surface area contributed by atoms with Gasteiger partial charge in [0.05, 0.1) is 0 Å². The highest BCUT2D eigenvalue weighted by atomic mass is 16.5. The van der Waals surface area contributed by atoms with Crippen molar-refractivity contribution < 1.29 is 4.52 Å². The van der Waals surface area contributed by atoms with Crippen LogP contribution in [0, 0.1) is 0 Å². The van der Waals surface area contributed by atoms with Gasteiger partial charge in [-0.1, -0.05) is 12.1 Å². The third-order valence-corrected chi connectivity index (χ3v) is 1.17. The van der Waals surface area contributed by atoms with Crippen molar-refractivity contribution in [1.29, 1.82) is 0 Å². The fourth-order valence-electron chi connectivity index (χ4n) is 0.501. The molecule has 0 aliphatic heterocycles. The van der Waals surface area contributed by atoms with E-state index in [1.165, 1.54) is 6.39 Å². The fraction of sp³-hybridized carbons (Fsp3) is 0.600. The molecule has 0 aliphatic carbocycles. The Morgan fingerprint density at radius 3 is 3.11 bits per heavy atom. The molecule has 9 heavy (non-hydrogen) atoms. The third-order valence-electron chi connectivity index (χ3n) is 1.17. The van der Waals surface area contributed by atoms with Crippen molar-refractivity contribution in [3.63, 3.8) is 0 Å². The largest absolute Gasteiger partial charge is 0.343 e. The van der Waals surface area contributed by atoms with Gasteiger partial charge in [-0.25, -0.2) is 0 Å². The number of hydrogen-bond donors (Lipinski definition) is 1. The van der Waals surface area contributed by atoms with E-state index in [4.69, 9.17) is 5.73 Å². The van der Waals surface area contributed by atoms with Crippen LogP contribution in [-0.4, -0.2) is 16.7 Å². The second kappa shape index (κ2) is 2.59. The van der Waals surface area contributed by atoms with Crippen molar-refractivity contribution >= 4 is 0 Å². The zero-order chi connectivity index (χ0) is 6.69. The van der Waals surface area contributed by atoms with Crippen molar-refractivity contribution in [2.75, 3.05) is 6.54 Å². The van der Waals surface area contributed by atoms with Crippen molar-refractivity contribution in [1.82, 2.24) is 10.1 Å². The monoisotopic (exact) mass is 127 g/mol. The van der Waals surface area contributed by atoms with Crippen LogP contribution in [0.3, 0.4) is 0 Å². The van der Waals surface area contributed by atoms with E-state index in [0.29, 0.717) is 12.4 Å². The standard InChI is InChI=1S/C5H9N3O/c1-4(2-6)5-7-3-9-8-5/h3-4H,2,6H2,1H3. The molecule has 1 aromatic rings. The van der Waals surface area contributed by atoms with Crippen LogP contribution >= 0.6 is 0 Å². The van der Waals surface area contributed by atoms with Crippen LogP contribution in [0.15, 0.2) is 10.9 Å². The first-order valence-electron chi connectivity index (χ1n) is 2.81. The van der Waals surface area contributed by atoms with Crippen molar-refractivity contribution in [3.8, 4) is 0 Å². The lowest BCUT2D eigenvalue weighted by Gasteiger charge is -1.98. The summed E-state index contributed by atoms with van der Waals surface area (Å²) in [6.45, 7) is 2.50. The second-order valence-electron chi connectivity index (χ2n) is 1.93. The van der Waals surface area contributed by atoms with E-state index in [1.807, 2.05) is 6.92 Å². The fourth-order valence-corrected chi connectivity index (χ4v) is 0.501. The lowest BCUT2D eigenvalue weighted by molar-refractivity contribution is 0.406. The topological polar surface area (TPSA) is 64.9 Å². The van der Waals surface area contributed by atoms with Gasteiger partial charge < -0.3 is 10.3 Å². The molecule has 0 bridgehead atoms. The first-order valence-corrected chi connectivity index (χ1v) is 2.81. The molecule has 4 heteroatoms. The predicted octanol–water partition coefficient (Wildman–Crippen LogP) is 0.132. The molecule has 1 aromatic heterocycles. The van der Waals surface area contributed by atoms with Crippen LogP contribution in [0.25, 0.3) is 0 Å². The van der Waals surface area contributed by atoms with Gasteiger partial charge in [0.25, 0.3) is 0 Å². The van der Waals surface area contributed by atoms with Crippen molar-refractivity contribution in [2.24, 2.45) is 5.73 Å². The number of nitrogens with two attached hydrogens (primary N) is 1. The van der Waals surface area contributed by atoms with Crippen LogP contribution < -0.4 is 5.73 Å². The molecule has 1 rings (SSSR count). The van der Waals surface area contributed by atoms with Crippen molar-refractivity contribution in [2.45, 2.75) is 12.8 Å². The first-order chi connectivity index (χ1) is 4.34. The van der Waals surface area contributed by atoms with Gasteiger partial charge in [-0.15, -0.1) is 0 Å². The predicted molar refractivity (Wildman–Crippen MR) is 31.8 cm³/mol. The summed E-state index contributed by atoms with van der Waals surface area (Å²) in [4.78, 5) is 3.83. The zero-order valence-electron chi connectivity index (χ0n) is 5.24. The van der Waals surface area contributed by atoms with Crippen LogP contribution in [0.5, 0.6) is 0 Å². The van der Waals surface area contributed by atoms with Crippen LogP contribution in [-0.2, 0) is 0 Å². The van der Waals surface area contributed by atoms with E-state index in [0.717, 1.165) is 0 Å². The molecule has 0 aromatic carbocycles. The molecule has 1 unspecified atom stereocenters. The number of aromatic nitrogens is 2. The maximum Gasteiger partial charge on any atom is 0.213 e. The molecule has 0 saturated carbocycles. The Morgan fingerprint density at radius 1 is 1.89 bits per heavy atom. The average Bonchev–Trinajstić information content (AvgIpc) is 2.37. The molecule has 0 fully saturated rings. The zero-order valence-corrected chi connectivity index (χ0v) is 5.24. The minimum atomic E-state index is 0.198. The smallest absolute Gasteiger partial charge is 0.213 e. The van der Waals surface area contributed by atoms with E-state index in [-0.39, 0.29) is 5.92 Å². The molecule has 0 saturated heterocycles. The second-order valence-corrected chi connectivity index (χ2v) is 1.93. The Labute approximate surface area is 53.1 Å². The normalized spacial score (nSPS) is 13.6. The number of nitrogens with zero attached hydrogens (tertiary/aromatic N) is 2. The quantitative estimate of drug-likeness (QED) is 0.613. The molecule has 0 spiro atoms.